The molecule has 1 saturated heterocycles. The van der Waals surface area contributed by atoms with E-state index in [-0.39, 0.29) is 6.03 Å². The van der Waals surface area contributed by atoms with Crippen molar-refractivity contribution in [1.82, 2.24) is 10.6 Å². The Balaban J connectivity index is 1.58. The van der Waals surface area contributed by atoms with E-state index >= 15 is 0 Å². The standard InChI is InChI=1S/C12H22N2OS/c1-9-2-4-11(5-3-9)14-12(15)13-6-10-7-16-8-10/h9-11H,2-8H2,1H3,(H2,13,14,15). The maximum Gasteiger partial charge on any atom is 0.315 e. The van der Waals surface area contributed by atoms with E-state index in [9.17, 15) is 4.79 Å². The summed E-state index contributed by atoms with van der Waals surface area (Å²) in [5.41, 5.74) is 0. The van der Waals surface area contributed by atoms with E-state index in [0.717, 1.165) is 25.3 Å². The first-order valence-electron chi connectivity index (χ1n) is 6.36. The molecule has 0 bridgehead atoms. The number of thioether (sulfide) groups is 1. The highest BCUT2D eigenvalue weighted by Crippen LogP contribution is 2.24. The van der Waals surface area contributed by atoms with Gasteiger partial charge >= 0.3 is 6.03 Å². The van der Waals surface area contributed by atoms with Crippen molar-refractivity contribution >= 4 is 17.8 Å². The lowest BCUT2D eigenvalue weighted by Gasteiger charge is -2.28. The number of urea groups is 1. The first-order valence-corrected chi connectivity index (χ1v) is 7.51. The van der Waals surface area contributed by atoms with Crippen molar-refractivity contribution in [2.24, 2.45) is 11.8 Å². The van der Waals surface area contributed by atoms with Gasteiger partial charge < -0.3 is 10.6 Å². The van der Waals surface area contributed by atoms with Crippen LogP contribution in [0.25, 0.3) is 0 Å². The third-order valence-electron chi connectivity index (χ3n) is 3.61. The van der Waals surface area contributed by atoms with Gasteiger partial charge in [0, 0.05) is 12.6 Å². The molecule has 16 heavy (non-hydrogen) atoms. The Kier molecular flexibility index (Phi) is 4.38. The molecule has 2 fully saturated rings. The molecule has 3 nitrogen and oxygen atoms in total. The van der Waals surface area contributed by atoms with Crippen LogP contribution in [0, 0.1) is 11.8 Å². The number of carbonyl (C=O) groups excluding carboxylic acids is 1. The molecule has 0 aromatic heterocycles. The second-order valence-electron chi connectivity index (χ2n) is 5.21. The van der Waals surface area contributed by atoms with Crippen LogP contribution in [-0.2, 0) is 0 Å². The van der Waals surface area contributed by atoms with Crippen LogP contribution in [0.5, 0.6) is 0 Å². The second kappa shape index (κ2) is 5.80. The molecule has 0 unspecified atom stereocenters. The molecule has 0 radical (unpaired) electrons. The average Bonchev–Trinajstić information content (AvgIpc) is 2.19. The highest BCUT2D eigenvalue weighted by molar-refractivity contribution is 8.00. The topological polar surface area (TPSA) is 41.1 Å². The van der Waals surface area contributed by atoms with Crippen molar-refractivity contribution in [1.29, 1.82) is 0 Å². The van der Waals surface area contributed by atoms with Crippen molar-refractivity contribution in [3.63, 3.8) is 0 Å². The van der Waals surface area contributed by atoms with Crippen LogP contribution in [-0.4, -0.2) is 30.1 Å². The summed E-state index contributed by atoms with van der Waals surface area (Å²) in [5.74, 6) is 3.97. The van der Waals surface area contributed by atoms with Crippen LogP contribution >= 0.6 is 11.8 Å². The fraction of sp³-hybridized carbons (Fsp3) is 0.917. The summed E-state index contributed by atoms with van der Waals surface area (Å²) >= 11 is 1.96. The lowest BCUT2D eigenvalue weighted by atomic mass is 9.87. The molecule has 2 N–H and O–H groups in total. The van der Waals surface area contributed by atoms with E-state index in [2.05, 4.69) is 17.6 Å². The maximum absolute atomic E-state index is 11.6. The zero-order valence-corrected chi connectivity index (χ0v) is 10.8. The minimum atomic E-state index is 0.0384. The molecule has 1 aliphatic heterocycles. The highest BCUT2D eigenvalue weighted by Gasteiger charge is 2.21. The number of amides is 2. The molecular weight excluding hydrogens is 220 g/mol. The Bertz CT molecular complexity index is 235. The van der Waals surface area contributed by atoms with Crippen LogP contribution < -0.4 is 10.6 Å². The SMILES string of the molecule is CC1CCC(NC(=O)NCC2CSC2)CC1. The summed E-state index contributed by atoms with van der Waals surface area (Å²) in [6, 6.07) is 0.448. The van der Waals surface area contributed by atoms with E-state index in [0.29, 0.717) is 12.0 Å². The van der Waals surface area contributed by atoms with Crippen molar-refractivity contribution < 1.29 is 4.79 Å². The Morgan fingerprint density at radius 2 is 1.94 bits per heavy atom. The van der Waals surface area contributed by atoms with E-state index in [4.69, 9.17) is 0 Å². The molecule has 2 aliphatic rings. The minimum absolute atomic E-state index is 0.0384. The molecule has 4 heteroatoms. The highest BCUT2D eigenvalue weighted by atomic mass is 32.2. The van der Waals surface area contributed by atoms with Crippen LogP contribution in [0.2, 0.25) is 0 Å². The van der Waals surface area contributed by atoms with Crippen molar-refractivity contribution in [2.45, 2.75) is 38.6 Å². The normalized spacial score (nSPS) is 30.6. The van der Waals surface area contributed by atoms with Crippen molar-refractivity contribution in [3.05, 3.63) is 0 Å². The molecular formula is C12H22N2OS. The molecule has 1 heterocycles. The summed E-state index contributed by atoms with van der Waals surface area (Å²) < 4.78 is 0. The monoisotopic (exact) mass is 242 g/mol. The molecule has 2 amide bonds. The number of hydrogen-bond acceptors (Lipinski definition) is 2. The number of carbonyl (C=O) groups is 1. The molecule has 0 atom stereocenters. The molecule has 1 saturated carbocycles. The predicted molar refractivity (Wildman–Crippen MR) is 68.8 cm³/mol. The quantitative estimate of drug-likeness (QED) is 0.797. The summed E-state index contributed by atoms with van der Waals surface area (Å²) in [5, 5.41) is 6.07. The zero-order valence-electron chi connectivity index (χ0n) is 10.00. The van der Waals surface area contributed by atoms with Crippen LogP contribution in [0.1, 0.15) is 32.6 Å². The van der Waals surface area contributed by atoms with Gasteiger partial charge in [-0.3, -0.25) is 0 Å². The van der Waals surface area contributed by atoms with Gasteiger partial charge in [-0.2, -0.15) is 11.8 Å². The van der Waals surface area contributed by atoms with Gasteiger partial charge in [-0.15, -0.1) is 0 Å². The van der Waals surface area contributed by atoms with E-state index in [1.54, 1.807) is 0 Å². The predicted octanol–water partition coefficient (Wildman–Crippen LogP) is 2.23. The zero-order chi connectivity index (χ0) is 11.4. The lowest BCUT2D eigenvalue weighted by molar-refractivity contribution is 0.227. The molecule has 1 aliphatic carbocycles. The van der Waals surface area contributed by atoms with Gasteiger partial charge in [0.25, 0.3) is 0 Å². The largest absolute Gasteiger partial charge is 0.338 e. The fourth-order valence-electron chi connectivity index (χ4n) is 2.28. The van der Waals surface area contributed by atoms with E-state index in [1.807, 2.05) is 11.8 Å². The Morgan fingerprint density at radius 3 is 2.50 bits per heavy atom. The van der Waals surface area contributed by atoms with Crippen molar-refractivity contribution in [2.75, 3.05) is 18.1 Å². The number of nitrogens with one attached hydrogen (secondary N) is 2. The third kappa shape index (κ3) is 3.58. The van der Waals surface area contributed by atoms with Crippen LogP contribution in [0.15, 0.2) is 0 Å². The van der Waals surface area contributed by atoms with Gasteiger partial charge in [0.05, 0.1) is 0 Å². The van der Waals surface area contributed by atoms with E-state index < -0.39 is 0 Å². The van der Waals surface area contributed by atoms with Crippen molar-refractivity contribution in [3.8, 4) is 0 Å². The number of hydrogen-bond donors (Lipinski definition) is 2. The van der Waals surface area contributed by atoms with Gasteiger partial charge in [0.15, 0.2) is 0 Å². The fourth-order valence-corrected chi connectivity index (χ4v) is 3.08. The summed E-state index contributed by atoms with van der Waals surface area (Å²) in [7, 11) is 0. The molecule has 0 aromatic carbocycles. The smallest absolute Gasteiger partial charge is 0.315 e. The third-order valence-corrected chi connectivity index (χ3v) is 5.02. The van der Waals surface area contributed by atoms with Gasteiger partial charge in [-0.25, -0.2) is 4.79 Å². The van der Waals surface area contributed by atoms with E-state index in [1.165, 1.54) is 24.3 Å². The maximum atomic E-state index is 11.6. The molecule has 2 rings (SSSR count). The van der Waals surface area contributed by atoms with Gasteiger partial charge in [-0.1, -0.05) is 6.92 Å². The first-order chi connectivity index (χ1) is 7.74. The summed E-state index contributed by atoms with van der Waals surface area (Å²) in [4.78, 5) is 11.6. The second-order valence-corrected chi connectivity index (χ2v) is 6.29. The van der Waals surface area contributed by atoms with Gasteiger partial charge in [-0.05, 0) is 49.0 Å². The lowest BCUT2D eigenvalue weighted by Crippen LogP contribution is -2.46. The molecule has 0 aromatic rings. The van der Waals surface area contributed by atoms with Gasteiger partial charge in [0.2, 0.25) is 0 Å². The number of rotatable bonds is 3. The molecule has 0 spiro atoms. The summed E-state index contributed by atoms with van der Waals surface area (Å²) in [6.45, 7) is 3.15. The Morgan fingerprint density at radius 1 is 1.25 bits per heavy atom. The Hall–Kier alpha value is -0.380. The molecule has 92 valence electrons. The van der Waals surface area contributed by atoms with Gasteiger partial charge in [0.1, 0.15) is 0 Å². The Labute approximate surface area is 102 Å². The minimum Gasteiger partial charge on any atom is -0.338 e. The van der Waals surface area contributed by atoms with Crippen LogP contribution in [0.3, 0.4) is 0 Å². The van der Waals surface area contributed by atoms with Crippen LogP contribution in [0.4, 0.5) is 4.79 Å². The summed E-state index contributed by atoms with van der Waals surface area (Å²) in [6.07, 6.45) is 4.80. The average molecular weight is 242 g/mol. The first kappa shape index (κ1) is 12.1.